The molecule has 0 aliphatic carbocycles. The largest absolute Gasteiger partial charge is 0.394 e. The fraction of sp³-hybridized carbons (Fsp3) is 0.857. The third-order valence-corrected chi connectivity index (χ3v) is 2.03. The van der Waals surface area contributed by atoms with Gasteiger partial charge in [0.25, 0.3) is 0 Å². The Morgan fingerprint density at radius 1 is 1.29 bits per heavy atom. The first-order chi connectivity index (χ1) is 6.49. The number of Topliss-reactive ketones (excluding diaryl/α,β-unsaturated/α-hetero) is 1. The van der Waals surface area contributed by atoms with Crippen LogP contribution >= 0.6 is 0 Å². The molecule has 0 aromatic carbocycles. The van der Waals surface area contributed by atoms with Gasteiger partial charge in [-0.05, 0) is 0 Å². The maximum Gasteiger partial charge on any atom is 0.197 e. The van der Waals surface area contributed by atoms with Crippen molar-refractivity contribution in [2.24, 2.45) is 0 Å². The molecule has 7 heteroatoms. The number of aliphatic hydroxyl groups is 5. The van der Waals surface area contributed by atoms with Gasteiger partial charge in [-0.3, -0.25) is 4.79 Å². The summed E-state index contributed by atoms with van der Waals surface area (Å²) >= 11 is 0. The molecule has 1 heterocycles. The molecule has 0 aromatic heterocycles. The molecular weight excluding hydrogens is 196 g/mol. The number of hydrogen-bond acceptors (Lipinski definition) is 7. The molecule has 0 spiro atoms. The zero-order valence-corrected chi connectivity index (χ0v) is 7.15. The lowest BCUT2D eigenvalue weighted by Crippen LogP contribution is -2.58. The monoisotopic (exact) mass is 208 g/mol. The first kappa shape index (κ1) is 11.5. The van der Waals surface area contributed by atoms with Crippen molar-refractivity contribution in [2.45, 2.75) is 30.7 Å². The molecule has 14 heavy (non-hydrogen) atoms. The molecule has 1 aliphatic rings. The van der Waals surface area contributed by atoms with Crippen molar-refractivity contribution in [1.82, 2.24) is 0 Å². The maximum absolute atomic E-state index is 11.0. The van der Waals surface area contributed by atoms with Crippen LogP contribution in [0.2, 0.25) is 0 Å². The number of rotatable bonds is 2. The number of ether oxygens (including phenoxy) is 1. The second-order valence-corrected chi connectivity index (χ2v) is 3.03. The molecule has 82 valence electrons. The van der Waals surface area contributed by atoms with Gasteiger partial charge in [-0.2, -0.15) is 0 Å². The van der Waals surface area contributed by atoms with Crippen LogP contribution < -0.4 is 0 Å². The quantitative estimate of drug-likeness (QED) is 0.316. The lowest BCUT2D eigenvalue weighted by Gasteiger charge is -2.35. The minimum atomic E-state index is -1.83. The summed E-state index contributed by atoms with van der Waals surface area (Å²) in [4.78, 5) is 11.0. The molecule has 0 saturated carbocycles. The van der Waals surface area contributed by atoms with Crippen LogP contribution in [-0.2, 0) is 9.53 Å². The lowest BCUT2D eigenvalue weighted by atomic mass is 9.97. The van der Waals surface area contributed by atoms with E-state index in [9.17, 15) is 9.90 Å². The van der Waals surface area contributed by atoms with Crippen LogP contribution in [0.4, 0.5) is 0 Å². The predicted molar refractivity (Wildman–Crippen MR) is 41.0 cm³/mol. The van der Waals surface area contributed by atoms with E-state index in [4.69, 9.17) is 20.4 Å². The number of carbonyl (C=O) groups is 1. The first-order valence-electron chi connectivity index (χ1n) is 4.01. The van der Waals surface area contributed by atoms with E-state index in [1.54, 1.807) is 0 Å². The molecule has 7 nitrogen and oxygen atoms in total. The molecule has 0 aromatic rings. The van der Waals surface area contributed by atoms with Crippen LogP contribution in [0, 0.1) is 0 Å². The highest BCUT2D eigenvalue weighted by molar-refractivity contribution is 5.88. The van der Waals surface area contributed by atoms with E-state index in [1.165, 1.54) is 0 Å². The summed E-state index contributed by atoms with van der Waals surface area (Å²) in [5.74, 6) is -1.04. The summed E-state index contributed by atoms with van der Waals surface area (Å²) in [6, 6.07) is 0. The summed E-state index contributed by atoms with van der Waals surface area (Å²) in [5, 5.41) is 44.8. The van der Waals surface area contributed by atoms with Crippen molar-refractivity contribution >= 4 is 5.78 Å². The molecule has 1 saturated heterocycles. The fourth-order valence-corrected chi connectivity index (χ4v) is 1.19. The van der Waals surface area contributed by atoms with Crippen molar-refractivity contribution in [2.75, 3.05) is 6.61 Å². The van der Waals surface area contributed by atoms with Crippen LogP contribution in [-0.4, -0.2) is 68.6 Å². The normalized spacial score (nSPS) is 41.1. The zero-order chi connectivity index (χ0) is 10.9. The zero-order valence-electron chi connectivity index (χ0n) is 7.15. The SMILES string of the molecule is O=C1[C@H](O)[C@@H]([C@H](O)CO)O[C@H](O)[C@H]1O. The van der Waals surface area contributed by atoms with Gasteiger partial charge in [0.1, 0.15) is 18.3 Å². The minimum absolute atomic E-state index is 0.724. The Bertz CT molecular complexity index is 218. The summed E-state index contributed by atoms with van der Waals surface area (Å²) in [6.45, 7) is -0.724. The highest BCUT2D eigenvalue weighted by atomic mass is 16.6. The van der Waals surface area contributed by atoms with E-state index in [0.717, 1.165) is 0 Å². The van der Waals surface area contributed by atoms with Crippen LogP contribution in [0.1, 0.15) is 0 Å². The molecule has 1 aliphatic heterocycles. The van der Waals surface area contributed by atoms with Gasteiger partial charge in [0.05, 0.1) is 6.61 Å². The summed E-state index contributed by atoms with van der Waals surface area (Å²) < 4.78 is 4.56. The molecular formula is C7H12O7. The molecule has 1 rings (SSSR count). The Labute approximate surface area is 79.2 Å². The highest BCUT2D eigenvalue weighted by Crippen LogP contribution is 2.18. The van der Waals surface area contributed by atoms with E-state index in [-0.39, 0.29) is 0 Å². The van der Waals surface area contributed by atoms with Crippen LogP contribution in [0.3, 0.4) is 0 Å². The number of ketones is 1. The van der Waals surface area contributed by atoms with E-state index in [0.29, 0.717) is 0 Å². The van der Waals surface area contributed by atoms with Gasteiger partial charge in [-0.15, -0.1) is 0 Å². The molecule has 0 unspecified atom stereocenters. The Morgan fingerprint density at radius 2 is 1.86 bits per heavy atom. The number of aliphatic hydroxyl groups excluding tert-OH is 5. The predicted octanol–water partition coefficient (Wildman–Crippen LogP) is -3.65. The Kier molecular flexibility index (Phi) is 3.53. The Morgan fingerprint density at radius 3 is 2.36 bits per heavy atom. The number of carbonyl (C=O) groups excluding carboxylic acids is 1. The van der Waals surface area contributed by atoms with Crippen LogP contribution in [0.5, 0.6) is 0 Å². The summed E-state index contributed by atoms with van der Waals surface area (Å²) in [5.41, 5.74) is 0. The van der Waals surface area contributed by atoms with Crippen molar-refractivity contribution < 1.29 is 35.1 Å². The molecule has 0 radical (unpaired) electrons. The minimum Gasteiger partial charge on any atom is -0.394 e. The first-order valence-corrected chi connectivity index (χ1v) is 4.01. The average molecular weight is 208 g/mol. The van der Waals surface area contributed by atoms with E-state index >= 15 is 0 Å². The van der Waals surface area contributed by atoms with Gasteiger partial charge in [0, 0.05) is 0 Å². The second kappa shape index (κ2) is 4.30. The maximum atomic E-state index is 11.0. The second-order valence-electron chi connectivity index (χ2n) is 3.03. The highest BCUT2D eigenvalue weighted by Gasteiger charge is 2.45. The van der Waals surface area contributed by atoms with Gasteiger partial charge in [-0.25, -0.2) is 0 Å². The number of hydrogen-bond donors (Lipinski definition) is 5. The van der Waals surface area contributed by atoms with Gasteiger partial charge >= 0.3 is 0 Å². The van der Waals surface area contributed by atoms with Gasteiger partial charge in [-0.1, -0.05) is 0 Å². The van der Waals surface area contributed by atoms with Gasteiger partial charge < -0.3 is 30.3 Å². The summed E-state index contributed by atoms with van der Waals surface area (Å²) in [7, 11) is 0. The van der Waals surface area contributed by atoms with E-state index < -0.39 is 43.1 Å². The lowest BCUT2D eigenvalue weighted by molar-refractivity contribution is -0.251. The Hall–Kier alpha value is -0.570. The van der Waals surface area contributed by atoms with Crippen molar-refractivity contribution in [1.29, 1.82) is 0 Å². The summed E-state index contributed by atoms with van der Waals surface area (Å²) in [6.07, 6.45) is -8.29. The molecule has 1 fully saturated rings. The fourth-order valence-electron chi connectivity index (χ4n) is 1.19. The van der Waals surface area contributed by atoms with Crippen LogP contribution in [0.15, 0.2) is 0 Å². The Balaban J connectivity index is 2.75. The van der Waals surface area contributed by atoms with Gasteiger partial charge in [0.2, 0.25) is 0 Å². The molecule has 0 amide bonds. The third kappa shape index (κ3) is 1.92. The van der Waals surface area contributed by atoms with E-state index in [1.807, 2.05) is 0 Å². The molecule has 5 atom stereocenters. The standard InChI is InChI=1S/C7H12O7/c8-1-2(9)6-4(11)3(10)5(12)7(13)14-6/h2,4-9,11-13H,1H2/t2-,4+,5+,6-,7+/m1/s1. The molecule has 5 N–H and O–H groups in total. The average Bonchev–Trinajstić information content (AvgIpc) is 2.19. The molecule has 0 bridgehead atoms. The van der Waals surface area contributed by atoms with Crippen LogP contribution in [0.25, 0.3) is 0 Å². The third-order valence-electron chi connectivity index (χ3n) is 2.03. The van der Waals surface area contributed by atoms with Crippen molar-refractivity contribution in [3.8, 4) is 0 Å². The topological polar surface area (TPSA) is 127 Å². The van der Waals surface area contributed by atoms with Crippen molar-refractivity contribution in [3.05, 3.63) is 0 Å². The van der Waals surface area contributed by atoms with Crippen molar-refractivity contribution in [3.63, 3.8) is 0 Å². The van der Waals surface area contributed by atoms with Gasteiger partial charge in [0.15, 0.2) is 18.2 Å². The smallest absolute Gasteiger partial charge is 0.197 e. The van der Waals surface area contributed by atoms with E-state index in [2.05, 4.69) is 4.74 Å².